The van der Waals surface area contributed by atoms with Gasteiger partial charge in [0.25, 0.3) is 5.69 Å². The Bertz CT molecular complexity index is 1110. The summed E-state index contributed by atoms with van der Waals surface area (Å²) in [5.74, 6) is 0. The van der Waals surface area contributed by atoms with Gasteiger partial charge in [-0.05, 0) is 61.9 Å². The summed E-state index contributed by atoms with van der Waals surface area (Å²) in [4.78, 5) is 22.3. The van der Waals surface area contributed by atoms with Crippen LogP contribution >= 0.6 is 0 Å². The van der Waals surface area contributed by atoms with Gasteiger partial charge in [0.1, 0.15) is 5.69 Å². The molecule has 3 rings (SSSR count). The van der Waals surface area contributed by atoms with E-state index in [1.807, 2.05) is 32.9 Å². The molecule has 8 heteroatoms. The normalized spacial score (nSPS) is 11.8. The minimum absolute atomic E-state index is 0.0798. The van der Waals surface area contributed by atoms with E-state index in [1.54, 1.807) is 42.5 Å². The first-order chi connectivity index (χ1) is 15.3. The fraction of sp³-hybridized carbons (Fsp3) is 0.250. The molecular weight excluding hydrogens is 407 g/mol. The number of nitroso groups, excluding NO2 is 1. The molecule has 7 nitrogen and oxygen atoms in total. The van der Waals surface area contributed by atoms with Crippen LogP contribution in [0.25, 0.3) is 0 Å². The van der Waals surface area contributed by atoms with E-state index in [2.05, 4.69) is 5.18 Å². The maximum Gasteiger partial charge on any atom is 0.492 e. The molecule has 0 aliphatic rings. The van der Waals surface area contributed by atoms with E-state index in [-0.39, 0.29) is 5.69 Å². The molecule has 1 atom stereocenters. The van der Waals surface area contributed by atoms with E-state index < -0.39 is 18.1 Å². The van der Waals surface area contributed by atoms with Crippen molar-refractivity contribution in [3.05, 3.63) is 104 Å². The van der Waals surface area contributed by atoms with Gasteiger partial charge in [-0.3, -0.25) is 10.1 Å². The number of hydrogen-bond acceptors (Lipinski definition) is 6. The van der Waals surface area contributed by atoms with Crippen LogP contribution in [-0.2, 0) is 11.1 Å². The van der Waals surface area contributed by atoms with Crippen LogP contribution in [0.5, 0.6) is 0 Å². The monoisotopic (exact) mass is 432 g/mol. The Morgan fingerprint density at radius 3 is 2.34 bits per heavy atom. The van der Waals surface area contributed by atoms with Gasteiger partial charge in [-0.25, -0.2) is 0 Å². The van der Waals surface area contributed by atoms with E-state index in [1.165, 1.54) is 6.07 Å². The van der Waals surface area contributed by atoms with Crippen LogP contribution in [0.1, 0.15) is 40.3 Å². The van der Waals surface area contributed by atoms with Gasteiger partial charge in [0, 0.05) is 6.07 Å². The van der Waals surface area contributed by atoms with Crippen molar-refractivity contribution in [2.75, 3.05) is 0 Å². The zero-order chi connectivity index (χ0) is 23.3. The fourth-order valence-corrected chi connectivity index (χ4v) is 4.13. The summed E-state index contributed by atoms with van der Waals surface area (Å²) >= 11 is 0. The number of benzene rings is 3. The van der Waals surface area contributed by atoms with E-state index in [4.69, 9.17) is 4.65 Å². The summed E-state index contributed by atoms with van der Waals surface area (Å²) in [6, 6.07) is 17.2. The molecule has 0 aromatic heterocycles. The highest BCUT2D eigenvalue weighted by Gasteiger charge is 2.30. The molecule has 0 spiro atoms. The molecule has 0 saturated carbocycles. The summed E-state index contributed by atoms with van der Waals surface area (Å²) in [5, 5.41) is 25.7. The Kier molecular flexibility index (Phi) is 7.51. The Hall–Kier alpha value is -3.36. The second kappa shape index (κ2) is 10.3. The molecule has 0 heterocycles. The highest BCUT2D eigenvalue weighted by molar-refractivity contribution is 6.61. The summed E-state index contributed by atoms with van der Waals surface area (Å²) in [6.07, 6.45) is -0.0540. The van der Waals surface area contributed by atoms with Gasteiger partial charge in [0.15, 0.2) is 0 Å². The first kappa shape index (κ1) is 23.3. The van der Waals surface area contributed by atoms with Crippen molar-refractivity contribution in [3.63, 3.8) is 0 Å². The molecule has 0 aliphatic heterocycles. The molecule has 0 unspecified atom stereocenters. The zero-order valence-corrected chi connectivity index (χ0v) is 18.3. The van der Waals surface area contributed by atoms with Crippen molar-refractivity contribution in [2.45, 2.75) is 39.7 Å². The molecular formula is C24H25BN2O5. The van der Waals surface area contributed by atoms with Crippen molar-refractivity contribution >= 4 is 24.0 Å². The van der Waals surface area contributed by atoms with Gasteiger partial charge in [0.05, 0.1) is 16.6 Å². The van der Waals surface area contributed by atoms with E-state index in [9.17, 15) is 20.0 Å². The number of nitrogens with zero attached hydrogens (tertiary/aromatic N) is 2. The minimum Gasteiger partial charge on any atom is -0.423 e. The first-order valence-corrected chi connectivity index (χ1v) is 10.4. The zero-order valence-electron chi connectivity index (χ0n) is 18.3. The van der Waals surface area contributed by atoms with E-state index in [0.717, 1.165) is 16.7 Å². The number of rotatable bonds is 9. The van der Waals surface area contributed by atoms with Gasteiger partial charge in [-0.2, -0.15) is 0 Å². The average molecular weight is 432 g/mol. The lowest BCUT2D eigenvalue weighted by atomic mass is 9.73. The van der Waals surface area contributed by atoms with Crippen LogP contribution in [0.15, 0.2) is 65.8 Å². The first-order valence-electron chi connectivity index (χ1n) is 10.4. The number of para-hydroxylation sites is 1. The van der Waals surface area contributed by atoms with Gasteiger partial charge in [-0.15, -0.1) is 4.91 Å². The summed E-state index contributed by atoms with van der Waals surface area (Å²) < 4.78 is 6.05. The van der Waals surface area contributed by atoms with Crippen molar-refractivity contribution in [3.8, 4) is 0 Å². The predicted molar refractivity (Wildman–Crippen MR) is 125 cm³/mol. The fourth-order valence-electron chi connectivity index (χ4n) is 4.13. The summed E-state index contributed by atoms with van der Waals surface area (Å²) in [6.45, 7) is 5.77. The topological polar surface area (TPSA) is 102 Å². The quantitative estimate of drug-likeness (QED) is 0.222. The largest absolute Gasteiger partial charge is 0.492 e. The molecule has 3 aromatic rings. The lowest BCUT2D eigenvalue weighted by Gasteiger charge is -2.23. The molecule has 0 bridgehead atoms. The smallest absolute Gasteiger partial charge is 0.423 e. The van der Waals surface area contributed by atoms with Crippen molar-refractivity contribution in [2.24, 2.45) is 5.18 Å². The summed E-state index contributed by atoms with van der Waals surface area (Å²) in [7, 11) is -1.26. The molecule has 0 amide bonds. The number of aryl methyl sites for hydroxylation is 4. The third kappa shape index (κ3) is 5.27. The molecule has 0 aliphatic carbocycles. The second-order valence-electron chi connectivity index (χ2n) is 7.86. The molecule has 0 saturated heterocycles. The molecule has 0 fully saturated rings. The van der Waals surface area contributed by atoms with E-state index in [0.29, 0.717) is 35.1 Å². The second-order valence-corrected chi connectivity index (χ2v) is 7.86. The molecule has 0 radical (unpaired) electrons. The van der Waals surface area contributed by atoms with Crippen LogP contribution in [-0.4, -0.2) is 17.1 Å². The van der Waals surface area contributed by atoms with Crippen LogP contribution in [0.4, 0.5) is 11.4 Å². The maximum atomic E-state index is 11.6. The third-order valence-electron chi connectivity index (χ3n) is 5.52. The number of nitro groups is 1. The van der Waals surface area contributed by atoms with Crippen LogP contribution in [0, 0.1) is 35.8 Å². The molecule has 164 valence electrons. The van der Waals surface area contributed by atoms with Gasteiger partial charge >= 0.3 is 7.12 Å². The third-order valence-corrected chi connectivity index (χ3v) is 5.52. The predicted octanol–water partition coefficient (Wildman–Crippen LogP) is 5.00. The number of hydrogen-bond donors (Lipinski definition) is 1. The van der Waals surface area contributed by atoms with E-state index >= 15 is 0 Å². The lowest BCUT2D eigenvalue weighted by Crippen LogP contribution is -2.39. The number of nitro benzene ring substituents is 1. The Morgan fingerprint density at radius 2 is 1.69 bits per heavy atom. The SMILES string of the molecule is Cc1cc(C)c(B(O)O[C@@H](CCc2ccccc2N=O)c2ccccc2[N+](=O)[O-])c(C)c1. The average Bonchev–Trinajstić information content (AvgIpc) is 2.76. The molecule has 32 heavy (non-hydrogen) atoms. The Balaban J connectivity index is 1.96. The molecule has 1 N–H and O–H groups in total. The Labute approximate surface area is 187 Å². The van der Waals surface area contributed by atoms with Gasteiger partial charge in [-0.1, -0.05) is 59.2 Å². The van der Waals surface area contributed by atoms with Crippen LogP contribution < -0.4 is 5.46 Å². The van der Waals surface area contributed by atoms with Crippen molar-refractivity contribution in [1.29, 1.82) is 0 Å². The van der Waals surface area contributed by atoms with Gasteiger partial charge < -0.3 is 9.68 Å². The van der Waals surface area contributed by atoms with Crippen molar-refractivity contribution in [1.82, 2.24) is 0 Å². The minimum atomic E-state index is -1.26. The van der Waals surface area contributed by atoms with Gasteiger partial charge in [0.2, 0.25) is 0 Å². The highest BCUT2D eigenvalue weighted by atomic mass is 16.6. The lowest BCUT2D eigenvalue weighted by molar-refractivity contribution is -0.386. The highest BCUT2D eigenvalue weighted by Crippen LogP contribution is 2.32. The molecule has 3 aromatic carbocycles. The standard InChI is InChI=1S/C24H25BN2O5/c1-16-14-17(2)24(18(3)15-16)25(28)32-23(20-9-5-7-11-22(20)27(30)31)13-12-19-8-4-6-10-21(19)26-29/h4-11,14-15,23,28H,12-13H2,1-3H3/t23-/m0/s1. The van der Waals surface area contributed by atoms with Crippen LogP contribution in [0.2, 0.25) is 0 Å². The van der Waals surface area contributed by atoms with Crippen LogP contribution in [0.3, 0.4) is 0 Å². The maximum absolute atomic E-state index is 11.6. The Morgan fingerprint density at radius 1 is 1.06 bits per heavy atom. The summed E-state index contributed by atoms with van der Waals surface area (Å²) in [5.41, 5.74) is 4.81. The van der Waals surface area contributed by atoms with Crippen molar-refractivity contribution < 1.29 is 14.6 Å².